The first kappa shape index (κ1) is 13.9. The zero-order chi connectivity index (χ0) is 12.9. The third-order valence-electron chi connectivity index (χ3n) is 2.56. The smallest absolute Gasteiger partial charge is 0.130 e. The minimum Gasteiger partial charge on any atom is -0.308 e. The molecule has 0 saturated carbocycles. The Balaban J connectivity index is 2.77. The Morgan fingerprint density at radius 2 is 1.94 bits per heavy atom. The van der Waals surface area contributed by atoms with Gasteiger partial charge >= 0.3 is 0 Å². The summed E-state index contributed by atoms with van der Waals surface area (Å²) >= 11 is 0. The number of hydrogen-bond donors (Lipinski definition) is 1. The second-order valence-electron chi connectivity index (χ2n) is 5.28. The van der Waals surface area contributed by atoms with Crippen LogP contribution in [-0.4, -0.2) is 12.1 Å². The van der Waals surface area contributed by atoms with Crippen molar-refractivity contribution in [1.82, 2.24) is 5.32 Å². The molecule has 1 aromatic carbocycles. The van der Waals surface area contributed by atoms with Gasteiger partial charge < -0.3 is 5.32 Å². The second-order valence-corrected chi connectivity index (χ2v) is 5.28. The lowest BCUT2D eigenvalue weighted by atomic mass is 10.1. The molecule has 17 heavy (non-hydrogen) atoms. The van der Waals surface area contributed by atoms with Crippen molar-refractivity contribution in [3.05, 3.63) is 41.2 Å². The topological polar surface area (TPSA) is 12.0 Å². The summed E-state index contributed by atoms with van der Waals surface area (Å²) in [6.07, 6.45) is 2.87. The summed E-state index contributed by atoms with van der Waals surface area (Å²) in [4.78, 5) is 0. The molecule has 0 aliphatic carbocycles. The van der Waals surface area contributed by atoms with Crippen LogP contribution < -0.4 is 5.32 Å². The zero-order valence-electron chi connectivity index (χ0n) is 11.2. The van der Waals surface area contributed by atoms with Crippen LogP contribution in [0.15, 0.2) is 29.8 Å². The van der Waals surface area contributed by atoms with Crippen molar-refractivity contribution in [1.29, 1.82) is 0 Å². The van der Waals surface area contributed by atoms with Crippen LogP contribution in [0, 0.1) is 5.82 Å². The van der Waals surface area contributed by atoms with Crippen LogP contribution in [0.2, 0.25) is 0 Å². The summed E-state index contributed by atoms with van der Waals surface area (Å²) in [6, 6.07) is 6.88. The van der Waals surface area contributed by atoms with E-state index in [1.165, 1.54) is 11.6 Å². The van der Waals surface area contributed by atoms with Crippen molar-refractivity contribution >= 4 is 6.08 Å². The van der Waals surface area contributed by atoms with Gasteiger partial charge in [0.15, 0.2) is 0 Å². The molecular weight excluding hydrogens is 213 g/mol. The molecule has 0 fully saturated rings. The van der Waals surface area contributed by atoms with E-state index in [1.54, 1.807) is 6.07 Å². The molecule has 0 aliphatic heterocycles. The van der Waals surface area contributed by atoms with Gasteiger partial charge in [0, 0.05) is 17.6 Å². The Hall–Kier alpha value is -1.15. The van der Waals surface area contributed by atoms with Crippen LogP contribution in [0.1, 0.15) is 39.7 Å². The molecule has 0 atom stereocenters. The lowest BCUT2D eigenvalue weighted by molar-refractivity contribution is 0.443. The van der Waals surface area contributed by atoms with E-state index in [1.807, 2.05) is 18.2 Å². The number of rotatable bonds is 4. The fourth-order valence-electron chi connectivity index (χ4n) is 1.47. The van der Waals surface area contributed by atoms with Crippen LogP contribution >= 0.6 is 0 Å². The van der Waals surface area contributed by atoms with Crippen LogP contribution in [0.3, 0.4) is 0 Å². The maximum atomic E-state index is 13.5. The molecule has 0 aromatic heterocycles. The molecule has 0 heterocycles. The summed E-state index contributed by atoms with van der Waals surface area (Å²) in [7, 11) is 0. The van der Waals surface area contributed by atoms with Gasteiger partial charge in [-0.1, -0.05) is 36.8 Å². The molecule has 1 N–H and O–H groups in total. The quantitative estimate of drug-likeness (QED) is 0.831. The number of halogens is 1. The van der Waals surface area contributed by atoms with Gasteiger partial charge in [-0.15, -0.1) is 0 Å². The highest BCUT2D eigenvalue weighted by Crippen LogP contribution is 2.13. The van der Waals surface area contributed by atoms with Crippen LogP contribution in [0.4, 0.5) is 4.39 Å². The molecule has 0 radical (unpaired) electrons. The Kier molecular flexibility index (Phi) is 4.88. The van der Waals surface area contributed by atoms with Crippen molar-refractivity contribution in [2.45, 2.75) is 39.7 Å². The van der Waals surface area contributed by atoms with Gasteiger partial charge in [0.25, 0.3) is 0 Å². The standard InChI is InChI=1S/C15H22FN/c1-5-12(11-17-15(2,3)4)10-13-8-6-7-9-14(13)16/h6-10,17H,5,11H2,1-4H3. The number of benzene rings is 1. The molecule has 1 nitrogen and oxygen atoms in total. The van der Waals surface area contributed by atoms with Crippen LogP contribution in [0.5, 0.6) is 0 Å². The van der Waals surface area contributed by atoms with Gasteiger partial charge in [-0.05, 0) is 33.3 Å². The van der Waals surface area contributed by atoms with E-state index in [9.17, 15) is 4.39 Å². The largest absolute Gasteiger partial charge is 0.308 e. The van der Waals surface area contributed by atoms with Gasteiger partial charge in [0.2, 0.25) is 0 Å². The Morgan fingerprint density at radius 1 is 1.29 bits per heavy atom. The van der Waals surface area contributed by atoms with Crippen molar-refractivity contribution in [3.8, 4) is 0 Å². The first-order valence-electron chi connectivity index (χ1n) is 6.11. The maximum Gasteiger partial charge on any atom is 0.130 e. The van der Waals surface area contributed by atoms with Gasteiger partial charge in [-0.3, -0.25) is 0 Å². The Morgan fingerprint density at radius 3 is 2.47 bits per heavy atom. The van der Waals surface area contributed by atoms with Gasteiger partial charge in [0.05, 0.1) is 0 Å². The zero-order valence-corrected chi connectivity index (χ0v) is 11.2. The summed E-state index contributed by atoms with van der Waals surface area (Å²) in [5.74, 6) is -0.158. The normalized spacial score (nSPS) is 12.9. The Bertz CT molecular complexity index is 388. The second kappa shape index (κ2) is 5.97. The highest BCUT2D eigenvalue weighted by atomic mass is 19.1. The number of nitrogens with one attached hydrogen (secondary N) is 1. The molecule has 0 saturated heterocycles. The van der Waals surface area contributed by atoms with Gasteiger partial charge in [-0.2, -0.15) is 0 Å². The Labute approximate surface area is 104 Å². The summed E-state index contributed by atoms with van der Waals surface area (Å²) < 4.78 is 13.5. The van der Waals surface area contributed by atoms with E-state index in [-0.39, 0.29) is 11.4 Å². The molecule has 2 heteroatoms. The van der Waals surface area contributed by atoms with E-state index in [4.69, 9.17) is 0 Å². The summed E-state index contributed by atoms with van der Waals surface area (Å²) in [6.45, 7) is 9.28. The van der Waals surface area contributed by atoms with E-state index in [0.717, 1.165) is 13.0 Å². The molecule has 1 aromatic rings. The number of hydrogen-bond acceptors (Lipinski definition) is 1. The molecule has 94 valence electrons. The monoisotopic (exact) mass is 235 g/mol. The first-order chi connectivity index (χ1) is 7.92. The predicted molar refractivity (Wildman–Crippen MR) is 72.4 cm³/mol. The fourth-order valence-corrected chi connectivity index (χ4v) is 1.47. The summed E-state index contributed by atoms with van der Waals surface area (Å²) in [5, 5.41) is 3.42. The molecule has 0 aliphatic rings. The maximum absolute atomic E-state index is 13.5. The van der Waals surface area contributed by atoms with E-state index < -0.39 is 0 Å². The van der Waals surface area contributed by atoms with Gasteiger partial charge in [-0.25, -0.2) is 4.39 Å². The molecule has 1 rings (SSSR count). The van der Waals surface area contributed by atoms with E-state index in [0.29, 0.717) is 5.56 Å². The van der Waals surface area contributed by atoms with E-state index in [2.05, 4.69) is 33.0 Å². The van der Waals surface area contributed by atoms with Crippen molar-refractivity contribution in [3.63, 3.8) is 0 Å². The lowest BCUT2D eigenvalue weighted by Gasteiger charge is -2.21. The van der Waals surface area contributed by atoms with Crippen molar-refractivity contribution < 1.29 is 4.39 Å². The van der Waals surface area contributed by atoms with E-state index >= 15 is 0 Å². The minimum atomic E-state index is -0.158. The highest BCUT2D eigenvalue weighted by Gasteiger charge is 2.09. The first-order valence-corrected chi connectivity index (χ1v) is 6.11. The molecule has 0 amide bonds. The third kappa shape index (κ3) is 5.14. The fraction of sp³-hybridized carbons (Fsp3) is 0.467. The average Bonchev–Trinajstić information content (AvgIpc) is 2.25. The van der Waals surface area contributed by atoms with Crippen LogP contribution in [0.25, 0.3) is 6.08 Å². The molecule has 0 unspecified atom stereocenters. The van der Waals surface area contributed by atoms with Crippen molar-refractivity contribution in [2.75, 3.05) is 6.54 Å². The highest BCUT2D eigenvalue weighted by molar-refractivity contribution is 5.53. The third-order valence-corrected chi connectivity index (χ3v) is 2.56. The SMILES string of the molecule is CCC(=Cc1ccccc1F)CNC(C)(C)C. The molecule has 0 spiro atoms. The van der Waals surface area contributed by atoms with Gasteiger partial charge in [0.1, 0.15) is 5.82 Å². The predicted octanol–water partition coefficient (Wildman–Crippen LogP) is 4.01. The molecule has 0 bridgehead atoms. The summed E-state index contributed by atoms with van der Waals surface area (Å²) in [5.41, 5.74) is 1.97. The molecular formula is C15H22FN. The lowest BCUT2D eigenvalue weighted by Crippen LogP contribution is -2.36. The average molecular weight is 235 g/mol. The van der Waals surface area contributed by atoms with Crippen LogP contribution in [-0.2, 0) is 0 Å². The van der Waals surface area contributed by atoms with Crippen molar-refractivity contribution in [2.24, 2.45) is 0 Å². The minimum absolute atomic E-state index is 0.0868.